The molecule has 0 aliphatic carbocycles. The molecule has 7 nitrogen and oxygen atoms in total. The van der Waals surface area contributed by atoms with Gasteiger partial charge < -0.3 is 24.1 Å². The van der Waals surface area contributed by atoms with Crippen molar-refractivity contribution in [2.45, 2.75) is 33.2 Å². The first-order valence-corrected chi connectivity index (χ1v) is 10.9. The number of carbonyl (C=O) groups excluding carboxylic acids is 1. The highest BCUT2D eigenvalue weighted by Crippen LogP contribution is 2.41. The summed E-state index contributed by atoms with van der Waals surface area (Å²) in [6, 6.07) is 5.06. The third-order valence-electron chi connectivity index (χ3n) is 5.30. The molecule has 0 fully saturated rings. The van der Waals surface area contributed by atoms with Gasteiger partial charge in [0.2, 0.25) is 0 Å². The van der Waals surface area contributed by atoms with Gasteiger partial charge in [0.25, 0.3) is 0 Å². The van der Waals surface area contributed by atoms with Crippen molar-refractivity contribution >= 4 is 23.3 Å². The molecule has 3 rings (SSSR count). The number of ether oxygens (including phenoxy) is 3. The molecular weight excluding hydrogens is 420 g/mol. The predicted molar refractivity (Wildman–Crippen MR) is 121 cm³/mol. The van der Waals surface area contributed by atoms with Gasteiger partial charge in [0.15, 0.2) is 5.43 Å². The second kappa shape index (κ2) is 10.2. The lowest BCUT2D eigenvalue weighted by Crippen LogP contribution is -2.26. The number of hydrogen-bond donors (Lipinski definition) is 1. The normalized spacial score (nSPS) is 15.0. The van der Waals surface area contributed by atoms with Crippen molar-refractivity contribution in [2.75, 3.05) is 38.8 Å². The van der Waals surface area contributed by atoms with Gasteiger partial charge in [-0.1, -0.05) is 25.4 Å². The maximum Gasteiger partial charge on any atom is 0.343 e. The van der Waals surface area contributed by atoms with Gasteiger partial charge in [0, 0.05) is 44.2 Å². The molecule has 0 unspecified atom stereocenters. The van der Waals surface area contributed by atoms with Crippen LogP contribution < -0.4 is 15.5 Å². The van der Waals surface area contributed by atoms with Crippen LogP contribution in [0.25, 0.3) is 11.3 Å². The Morgan fingerprint density at radius 3 is 2.81 bits per heavy atom. The van der Waals surface area contributed by atoms with Crippen LogP contribution >= 0.6 is 11.6 Å². The average molecular weight is 449 g/mol. The molecule has 0 spiro atoms. The highest BCUT2D eigenvalue weighted by molar-refractivity contribution is 6.33. The topological polar surface area (TPSA) is 78.8 Å². The molecule has 8 heteroatoms. The highest BCUT2D eigenvalue weighted by atomic mass is 35.5. The number of nitrogens with one attached hydrogen (secondary N) is 1. The van der Waals surface area contributed by atoms with Crippen LogP contribution in [0.1, 0.15) is 43.6 Å². The summed E-state index contributed by atoms with van der Waals surface area (Å²) in [7, 11) is 1.67. The smallest absolute Gasteiger partial charge is 0.343 e. The Hall–Kier alpha value is -2.51. The van der Waals surface area contributed by atoms with Crippen LogP contribution in [0, 0.1) is 5.92 Å². The quantitative estimate of drug-likeness (QED) is 0.476. The molecule has 0 saturated heterocycles. The molecule has 2 heterocycles. The third kappa shape index (κ3) is 5.05. The van der Waals surface area contributed by atoms with Gasteiger partial charge in [0.05, 0.1) is 29.1 Å². The maximum absolute atomic E-state index is 12.7. The van der Waals surface area contributed by atoms with Gasteiger partial charge in [-0.2, -0.15) is 0 Å². The van der Waals surface area contributed by atoms with Crippen molar-refractivity contribution in [3.63, 3.8) is 0 Å². The lowest BCUT2D eigenvalue weighted by Gasteiger charge is -2.24. The molecule has 31 heavy (non-hydrogen) atoms. The number of pyridine rings is 1. The number of fused-ring (bicyclic) bond motifs is 3. The van der Waals surface area contributed by atoms with E-state index in [0.717, 1.165) is 12.1 Å². The zero-order chi connectivity index (χ0) is 22.5. The molecule has 0 saturated carbocycles. The molecule has 168 valence electrons. The van der Waals surface area contributed by atoms with Crippen molar-refractivity contribution in [1.29, 1.82) is 0 Å². The van der Waals surface area contributed by atoms with E-state index < -0.39 is 11.4 Å². The first kappa shape index (κ1) is 23.2. The van der Waals surface area contributed by atoms with E-state index in [0.29, 0.717) is 41.8 Å². The number of anilines is 1. The van der Waals surface area contributed by atoms with Crippen molar-refractivity contribution in [2.24, 2.45) is 5.92 Å². The van der Waals surface area contributed by atoms with Gasteiger partial charge in [-0.15, -0.1) is 0 Å². The summed E-state index contributed by atoms with van der Waals surface area (Å²) in [5.41, 5.74) is 1.76. The Morgan fingerprint density at radius 2 is 2.13 bits per heavy atom. The van der Waals surface area contributed by atoms with E-state index >= 15 is 0 Å². The Morgan fingerprint density at radius 1 is 1.35 bits per heavy atom. The Bertz CT molecular complexity index is 1000. The second-order valence-electron chi connectivity index (χ2n) is 7.79. The molecule has 1 aromatic carbocycles. The summed E-state index contributed by atoms with van der Waals surface area (Å²) in [4.78, 5) is 25.0. The minimum atomic E-state index is -0.621. The molecular formula is C23H29ClN2O5. The minimum Gasteiger partial charge on any atom is -0.491 e. The molecule has 1 aromatic heterocycles. The highest BCUT2D eigenvalue weighted by Gasteiger charge is 2.28. The number of esters is 1. The number of carbonyl (C=O) groups is 1. The van der Waals surface area contributed by atoms with E-state index in [2.05, 4.69) is 19.2 Å². The molecule has 0 bridgehead atoms. The molecule has 0 amide bonds. The van der Waals surface area contributed by atoms with Crippen molar-refractivity contribution in [3.8, 4) is 17.0 Å². The van der Waals surface area contributed by atoms with Crippen LogP contribution in [-0.4, -0.2) is 44.0 Å². The van der Waals surface area contributed by atoms with Crippen LogP contribution in [0.15, 0.2) is 29.2 Å². The lowest BCUT2D eigenvalue weighted by molar-refractivity contribution is 0.0523. The van der Waals surface area contributed by atoms with Gasteiger partial charge >= 0.3 is 5.97 Å². The fourth-order valence-electron chi connectivity index (χ4n) is 3.62. The standard InChI is InChI=1S/C23H29ClN2O5/c1-5-30-23(28)16-12-26-19(11-21(16)27)15-9-17(24)18(25-7-6-8-29-4)10-22(15)31-13-20(26)14(2)3/h9-12,14,20,25H,5-8,13H2,1-4H3/t20-/m0/s1. The average Bonchev–Trinajstić information content (AvgIpc) is 2.87. The van der Waals surface area contributed by atoms with E-state index in [1.165, 1.54) is 6.07 Å². The zero-order valence-corrected chi connectivity index (χ0v) is 19.1. The first-order chi connectivity index (χ1) is 14.9. The fourth-order valence-corrected chi connectivity index (χ4v) is 3.85. The van der Waals surface area contributed by atoms with Crippen LogP contribution in [0.4, 0.5) is 5.69 Å². The van der Waals surface area contributed by atoms with Gasteiger partial charge in [-0.25, -0.2) is 4.79 Å². The zero-order valence-electron chi connectivity index (χ0n) is 18.4. The third-order valence-corrected chi connectivity index (χ3v) is 5.61. The van der Waals surface area contributed by atoms with Crippen molar-refractivity contribution in [1.82, 2.24) is 4.57 Å². The first-order valence-electron chi connectivity index (χ1n) is 10.5. The molecule has 1 aliphatic rings. The summed E-state index contributed by atoms with van der Waals surface area (Å²) in [6.45, 7) is 7.82. The predicted octanol–water partition coefficient (Wildman–Crippen LogP) is 4.38. The molecule has 2 aromatic rings. The fraction of sp³-hybridized carbons (Fsp3) is 0.478. The SMILES string of the molecule is CCOC(=O)c1cn2c(cc1=O)-c1cc(Cl)c(NCCCOC)cc1OC[C@H]2C(C)C. The Kier molecular flexibility index (Phi) is 7.62. The second-order valence-corrected chi connectivity index (χ2v) is 8.20. The van der Waals surface area contributed by atoms with Crippen LogP contribution in [0.2, 0.25) is 5.02 Å². The van der Waals surface area contributed by atoms with Gasteiger partial charge in [-0.05, 0) is 25.3 Å². The summed E-state index contributed by atoms with van der Waals surface area (Å²) in [6.07, 6.45) is 2.43. The summed E-state index contributed by atoms with van der Waals surface area (Å²) in [5, 5.41) is 3.83. The van der Waals surface area contributed by atoms with Crippen molar-refractivity contribution in [3.05, 3.63) is 45.2 Å². The Balaban J connectivity index is 2.08. The summed E-state index contributed by atoms with van der Waals surface area (Å²) in [5.74, 6) is 0.218. The number of nitrogens with zero attached hydrogens (tertiary/aromatic N) is 1. The Labute approximate surface area is 187 Å². The maximum atomic E-state index is 12.7. The molecule has 1 atom stereocenters. The van der Waals surface area contributed by atoms with Crippen LogP contribution in [-0.2, 0) is 9.47 Å². The van der Waals surface area contributed by atoms with Crippen molar-refractivity contribution < 1.29 is 19.0 Å². The number of rotatable bonds is 8. The van der Waals surface area contributed by atoms with Crippen LogP contribution in [0.3, 0.4) is 0 Å². The van der Waals surface area contributed by atoms with Gasteiger partial charge in [0.1, 0.15) is 17.9 Å². The van der Waals surface area contributed by atoms with E-state index in [1.807, 2.05) is 10.6 Å². The van der Waals surface area contributed by atoms with E-state index in [9.17, 15) is 9.59 Å². The molecule has 0 radical (unpaired) electrons. The summed E-state index contributed by atoms with van der Waals surface area (Å²) >= 11 is 6.54. The largest absolute Gasteiger partial charge is 0.491 e. The van der Waals surface area contributed by atoms with Crippen LogP contribution in [0.5, 0.6) is 5.75 Å². The molecule has 1 aliphatic heterocycles. The van der Waals surface area contributed by atoms with E-state index in [1.54, 1.807) is 26.3 Å². The minimum absolute atomic E-state index is 0.0160. The van der Waals surface area contributed by atoms with Gasteiger partial charge in [-0.3, -0.25) is 4.79 Å². The molecule has 1 N–H and O–H groups in total. The monoisotopic (exact) mass is 448 g/mol. The number of benzene rings is 1. The number of halogens is 1. The lowest BCUT2D eigenvalue weighted by atomic mass is 10.0. The van der Waals surface area contributed by atoms with E-state index in [-0.39, 0.29) is 24.1 Å². The van der Waals surface area contributed by atoms with E-state index in [4.69, 9.17) is 25.8 Å². The number of aromatic nitrogens is 1. The number of hydrogen-bond acceptors (Lipinski definition) is 6. The summed E-state index contributed by atoms with van der Waals surface area (Å²) < 4.78 is 18.2. The number of methoxy groups -OCH3 is 1.